The van der Waals surface area contributed by atoms with Crippen molar-refractivity contribution in [2.75, 3.05) is 32.0 Å². The number of carbonyl (C=O) groups excluding carboxylic acids is 1. The number of thioether (sulfide) groups is 1. The van der Waals surface area contributed by atoms with Crippen LogP contribution in [0.4, 0.5) is 0 Å². The molecule has 1 aliphatic heterocycles. The monoisotopic (exact) mass is 413 g/mol. The van der Waals surface area contributed by atoms with Gasteiger partial charge in [-0.1, -0.05) is 24.3 Å². The van der Waals surface area contributed by atoms with Crippen LogP contribution in [0.1, 0.15) is 24.8 Å². The molecule has 0 radical (unpaired) electrons. The second-order valence-corrected chi connectivity index (χ2v) is 7.69. The average Bonchev–Trinajstić information content (AvgIpc) is 2.76. The zero-order valence-corrected chi connectivity index (χ0v) is 17.3. The molecular formula is C21H27N5O2S. The van der Waals surface area contributed by atoms with Crippen molar-refractivity contribution >= 4 is 17.7 Å². The van der Waals surface area contributed by atoms with Crippen LogP contribution in [-0.2, 0) is 11.3 Å². The number of hydrogen-bond donors (Lipinski definition) is 1. The Morgan fingerprint density at radius 1 is 1.14 bits per heavy atom. The summed E-state index contributed by atoms with van der Waals surface area (Å²) in [6, 6.07) is 5.80. The van der Waals surface area contributed by atoms with E-state index in [9.17, 15) is 4.79 Å². The number of amides is 1. The first-order chi connectivity index (χ1) is 14.3. The highest BCUT2D eigenvalue weighted by Gasteiger charge is 2.10. The van der Waals surface area contributed by atoms with E-state index in [0.717, 1.165) is 6.54 Å². The Kier molecular flexibility index (Phi) is 8.93. The molecule has 0 aliphatic carbocycles. The van der Waals surface area contributed by atoms with E-state index in [-0.39, 0.29) is 5.91 Å². The van der Waals surface area contributed by atoms with Gasteiger partial charge in [-0.05, 0) is 49.7 Å². The molecule has 0 atom stereocenters. The van der Waals surface area contributed by atoms with Crippen LogP contribution in [-0.4, -0.2) is 57.8 Å². The third-order valence-electron chi connectivity index (χ3n) is 4.44. The number of pyridine rings is 1. The summed E-state index contributed by atoms with van der Waals surface area (Å²) in [6.07, 6.45) is 12.8. The molecule has 1 N–H and O–H groups in total. The van der Waals surface area contributed by atoms with Crippen LogP contribution in [0.25, 0.3) is 0 Å². The Morgan fingerprint density at radius 3 is 2.79 bits per heavy atom. The maximum absolute atomic E-state index is 11.8. The molecule has 1 amide bonds. The van der Waals surface area contributed by atoms with Gasteiger partial charge in [0.2, 0.25) is 11.8 Å². The van der Waals surface area contributed by atoms with Crippen LogP contribution in [0.2, 0.25) is 0 Å². The number of nitrogens with one attached hydrogen (secondary N) is 1. The first-order valence-corrected chi connectivity index (χ1v) is 10.9. The Morgan fingerprint density at radius 2 is 1.97 bits per heavy atom. The smallest absolute Gasteiger partial charge is 0.230 e. The number of ether oxygens (including phenoxy) is 1. The molecule has 0 unspecified atom stereocenters. The van der Waals surface area contributed by atoms with Gasteiger partial charge in [0.25, 0.3) is 0 Å². The lowest BCUT2D eigenvalue weighted by Gasteiger charge is -2.26. The molecule has 3 heterocycles. The van der Waals surface area contributed by atoms with Crippen molar-refractivity contribution in [2.45, 2.75) is 31.0 Å². The Labute approximate surface area is 176 Å². The van der Waals surface area contributed by atoms with E-state index in [4.69, 9.17) is 4.74 Å². The van der Waals surface area contributed by atoms with Crippen LogP contribution in [0.3, 0.4) is 0 Å². The van der Waals surface area contributed by atoms with Crippen LogP contribution in [0.15, 0.2) is 54.1 Å². The summed E-state index contributed by atoms with van der Waals surface area (Å²) >= 11 is 1.31. The third kappa shape index (κ3) is 8.21. The molecular weight excluding hydrogens is 386 g/mol. The van der Waals surface area contributed by atoms with E-state index in [1.165, 1.54) is 49.7 Å². The Bertz CT molecular complexity index is 782. The van der Waals surface area contributed by atoms with E-state index in [0.29, 0.717) is 29.9 Å². The molecule has 0 bridgehead atoms. The van der Waals surface area contributed by atoms with Gasteiger partial charge in [-0.15, -0.1) is 0 Å². The lowest BCUT2D eigenvalue weighted by atomic mass is 10.1. The van der Waals surface area contributed by atoms with Crippen molar-refractivity contribution in [1.82, 2.24) is 25.2 Å². The second kappa shape index (κ2) is 12.2. The molecule has 154 valence electrons. The normalized spacial score (nSPS) is 14.8. The molecule has 0 aromatic carbocycles. The van der Waals surface area contributed by atoms with Gasteiger partial charge in [0.05, 0.1) is 5.75 Å². The minimum atomic E-state index is -0.0555. The van der Waals surface area contributed by atoms with Crippen LogP contribution >= 0.6 is 11.8 Å². The summed E-state index contributed by atoms with van der Waals surface area (Å²) < 4.78 is 5.70. The number of aromatic nitrogens is 3. The maximum Gasteiger partial charge on any atom is 0.230 e. The fourth-order valence-corrected chi connectivity index (χ4v) is 3.64. The SMILES string of the molecule is O=C(CSc1ncccn1)NCC=CCOc1cc(CN2CCCCC2)ccn1. The molecule has 7 nitrogen and oxygen atoms in total. The van der Waals surface area contributed by atoms with Gasteiger partial charge >= 0.3 is 0 Å². The standard InChI is InChI=1S/C21H27N5O2S/c27-19(17-29-21-24-9-6-10-25-21)22-8-2-5-14-28-20-15-18(7-11-23-20)16-26-12-3-1-4-13-26/h2,5-7,9-11,15H,1,3-4,8,12-14,16-17H2,(H,22,27). The zero-order valence-electron chi connectivity index (χ0n) is 16.5. The fraction of sp³-hybridized carbons (Fsp3) is 0.429. The molecule has 1 fully saturated rings. The Hall–Kier alpha value is -2.45. The minimum Gasteiger partial charge on any atom is -0.473 e. The number of nitrogens with zero attached hydrogens (tertiary/aromatic N) is 4. The van der Waals surface area contributed by atoms with Gasteiger partial charge in [0.1, 0.15) is 6.61 Å². The zero-order chi connectivity index (χ0) is 20.2. The van der Waals surface area contributed by atoms with E-state index < -0.39 is 0 Å². The van der Waals surface area contributed by atoms with E-state index in [1.54, 1.807) is 24.7 Å². The molecule has 1 aliphatic rings. The summed E-state index contributed by atoms with van der Waals surface area (Å²) in [5.41, 5.74) is 1.23. The van der Waals surface area contributed by atoms with Crippen LogP contribution in [0, 0.1) is 0 Å². The van der Waals surface area contributed by atoms with E-state index >= 15 is 0 Å². The number of carbonyl (C=O) groups is 1. The minimum absolute atomic E-state index is 0.0555. The van der Waals surface area contributed by atoms with E-state index in [2.05, 4.69) is 25.2 Å². The summed E-state index contributed by atoms with van der Waals surface area (Å²) in [6.45, 7) is 4.17. The van der Waals surface area contributed by atoms with Gasteiger partial charge in [-0.3, -0.25) is 9.69 Å². The predicted octanol–water partition coefficient (Wildman–Crippen LogP) is 2.70. The van der Waals surface area contributed by atoms with Crippen molar-refractivity contribution in [3.63, 3.8) is 0 Å². The highest BCUT2D eigenvalue weighted by Crippen LogP contribution is 2.15. The number of piperidine rings is 1. The van der Waals surface area contributed by atoms with E-state index in [1.807, 2.05) is 24.3 Å². The molecule has 2 aromatic rings. The van der Waals surface area contributed by atoms with Crippen molar-refractivity contribution in [3.05, 3.63) is 54.5 Å². The summed E-state index contributed by atoms with van der Waals surface area (Å²) in [4.78, 5) is 26.7. The number of hydrogen-bond acceptors (Lipinski definition) is 7. The van der Waals surface area contributed by atoms with Gasteiger partial charge < -0.3 is 10.1 Å². The second-order valence-electron chi connectivity index (χ2n) is 6.75. The molecule has 8 heteroatoms. The third-order valence-corrected chi connectivity index (χ3v) is 5.32. The van der Waals surface area contributed by atoms with Crippen molar-refractivity contribution in [2.24, 2.45) is 0 Å². The van der Waals surface area contributed by atoms with Gasteiger partial charge in [0.15, 0.2) is 5.16 Å². The van der Waals surface area contributed by atoms with Crippen molar-refractivity contribution in [1.29, 1.82) is 0 Å². The van der Waals surface area contributed by atoms with Gasteiger partial charge in [-0.2, -0.15) is 0 Å². The Balaban J connectivity index is 1.30. The largest absolute Gasteiger partial charge is 0.473 e. The highest BCUT2D eigenvalue weighted by atomic mass is 32.2. The summed E-state index contributed by atoms with van der Waals surface area (Å²) in [5.74, 6) is 0.870. The molecule has 2 aromatic heterocycles. The van der Waals surface area contributed by atoms with Crippen molar-refractivity contribution in [3.8, 4) is 5.88 Å². The number of rotatable bonds is 10. The molecule has 0 spiro atoms. The van der Waals surface area contributed by atoms with Crippen LogP contribution < -0.4 is 10.1 Å². The molecule has 29 heavy (non-hydrogen) atoms. The summed E-state index contributed by atoms with van der Waals surface area (Å²) in [7, 11) is 0. The number of likely N-dealkylation sites (tertiary alicyclic amines) is 1. The lowest BCUT2D eigenvalue weighted by molar-refractivity contribution is -0.118. The first kappa shape index (κ1) is 21.3. The summed E-state index contributed by atoms with van der Waals surface area (Å²) in [5, 5.41) is 3.43. The highest BCUT2D eigenvalue weighted by molar-refractivity contribution is 7.99. The van der Waals surface area contributed by atoms with Crippen LogP contribution in [0.5, 0.6) is 5.88 Å². The van der Waals surface area contributed by atoms with Crippen molar-refractivity contribution < 1.29 is 9.53 Å². The fourth-order valence-electron chi connectivity index (χ4n) is 3.00. The predicted molar refractivity (Wildman–Crippen MR) is 114 cm³/mol. The topological polar surface area (TPSA) is 80.2 Å². The maximum atomic E-state index is 11.8. The lowest BCUT2D eigenvalue weighted by Crippen LogP contribution is -2.29. The average molecular weight is 414 g/mol. The first-order valence-electron chi connectivity index (χ1n) is 9.91. The molecule has 1 saturated heterocycles. The van der Waals surface area contributed by atoms with Gasteiger partial charge in [-0.25, -0.2) is 15.0 Å². The quantitative estimate of drug-likeness (QED) is 0.364. The molecule has 3 rings (SSSR count). The molecule has 0 saturated carbocycles. The van der Waals surface area contributed by atoms with Gasteiger partial charge in [0, 0.05) is 37.7 Å².